The van der Waals surface area contributed by atoms with Gasteiger partial charge in [-0.05, 0) is 59.7 Å². The molecule has 7 nitrogen and oxygen atoms in total. The Hall–Kier alpha value is -3.99. The third kappa shape index (κ3) is 6.19. The van der Waals surface area contributed by atoms with Crippen LogP contribution in [0.25, 0.3) is 5.69 Å². The van der Waals surface area contributed by atoms with Gasteiger partial charge in [0.25, 0.3) is 5.91 Å². The quantitative estimate of drug-likeness (QED) is 0.226. The predicted molar refractivity (Wildman–Crippen MR) is 141 cm³/mol. The number of carbonyl (C=O) groups is 1. The van der Waals surface area contributed by atoms with E-state index >= 15 is 0 Å². The number of nitrogens with zero attached hydrogens (tertiary/aromatic N) is 2. The second kappa shape index (κ2) is 11.0. The van der Waals surface area contributed by atoms with E-state index in [-0.39, 0.29) is 29.9 Å². The predicted octanol–water partition coefficient (Wildman–Crippen LogP) is 5.01. The lowest BCUT2D eigenvalue weighted by Gasteiger charge is -2.24. The van der Waals surface area contributed by atoms with Crippen LogP contribution in [0.15, 0.2) is 84.9 Å². The topological polar surface area (TPSA) is 105 Å². The lowest BCUT2D eigenvalue weighted by molar-refractivity contribution is -0.141. The number of benzene rings is 3. The van der Waals surface area contributed by atoms with Crippen molar-refractivity contribution >= 4 is 11.6 Å². The second-order valence-corrected chi connectivity index (χ2v) is 9.57. The molecule has 1 aliphatic carbocycles. The van der Waals surface area contributed by atoms with Crippen LogP contribution in [0.4, 0.5) is 18.9 Å². The van der Waals surface area contributed by atoms with Gasteiger partial charge < -0.3 is 16.2 Å². The van der Waals surface area contributed by atoms with Crippen LogP contribution < -0.4 is 16.4 Å². The highest BCUT2D eigenvalue weighted by Gasteiger charge is 2.36. The lowest BCUT2D eigenvalue weighted by atomic mass is 9.97. The Labute approximate surface area is 223 Å². The Kier molecular flexibility index (Phi) is 7.51. The van der Waals surface area contributed by atoms with Gasteiger partial charge in [-0.1, -0.05) is 54.6 Å². The number of hydrogen-bond acceptors (Lipinski definition) is 5. The van der Waals surface area contributed by atoms with Gasteiger partial charge in [-0.3, -0.25) is 10.1 Å². The number of aromatic nitrogens is 2. The zero-order valence-electron chi connectivity index (χ0n) is 20.9. The molecular formula is C29H28F3N5O2. The summed E-state index contributed by atoms with van der Waals surface area (Å²) in [5.74, 6) is -0.560. The lowest BCUT2D eigenvalue weighted by Crippen LogP contribution is -2.35. The molecule has 0 saturated heterocycles. The first-order valence-corrected chi connectivity index (χ1v) is 12.6. The Bertz CT molecular complexity index is 1450. The largest absolute Gasteiger partial charge is 0.435 e. The average molecular weight is 536 g/mol. The molecule has 10 heteroatoms. The smallest absolute Gasteiger partial charge is 0.378 e. The maximum Gasteiger partial charge on any atom is 0.435 e. The van der Waals surface area contributed by atoms with Crippen LogP contribution in [0.3, 0.4) is 0 Å². The number of anilines is 1. The molecule has 1 amide bonds. The molecule has 0 spiro atoms. The van der Waals surface area contributed by atoms with Gasteiger partial charge in [-0.15, -0.1) is 0 Å². The van der Waals surface area contributed by atoms with Crippen LogP contribution in [0.1, 0.15) is 51.8 Å². The summed E-state index contributed by atoms with van der Waals surface area (Å²) in [5.41, 5.74) is 7.30. The van der Waals surface area contributed by atoms with Gasteiger partial charge in [0.2, 0.25) is 0 Å². The molecule has 39 heavy (non-hydrogen) atoms. The summed E-state index contributed by atoms with van der Waals surface area (Å²) in [4.78, 5) is 13.3. The molecule has 1 fully saturated rings. The Morgan fingerprint density at radius 3 is 2.41 bits per heavy atom. The zero-order valence-corrected chi connectivity index (χ0v) is 20.9. The molecule has 1 aromatic heterocycles. The minimum atomic E-state index is -4.73. The van der Waals surface area contributed by atoms with Crippen LogP contribution in [-0.2, 0) is 12.7 Å². The normalized spacial score (nSPS) is 15.1. The van der Waals surface area contributed by atoms with Gasteiger partial charge in [0, 0.05) is 18.3 Å². The Morgan fingerprint density at radius 2 is 1.72 bits per heavy atom. The highest BCUT2D eigenvalue weighted by atomic mass is 19.4. The van der Waals surface area contributed by atoms with E-state index in [0.29, 0.717) is 11.3 Å². The van der Waals surface area contributed by atoms with Crippen molar-refractivity contribution in [3.8, 4) is 5.69 Å². The van der Waals surface area contributed by atoms with Crippen molar-refractivity contribution in [2.45, 2.75) is 37.8 Å². The maximum absolute atomic E-state index is 13.5. The molecule has 0 bridgehead atoms. The Balaban J connectivity index is 1.46. The van der Waals surface area contributed by atoms with Crippen molar-refractivity contribution in [2.24, 2.45) is 11.7 Å². The Morgan fingerprint density at radius 1 is 1.00 bits per heavy atom. The number of amides is 1. The number of nitrogens with two attached hydrogens (primary N) is 1. The monoisotopic (exact) mass is 535 g/mol. The van der Waals surface area contributed by atoms with Crippen molar-refractivity contribution in [3.05, 3.63) is 113 Å². The number of aliphatic hydroxyl groups excluding tert-OH is 1. The summed E-state index contributed by atoms with van der Waals surface area (Å²) in [6.45, 7) is 0.182. The molecule has 2 unspecified atom stereocenters. The zero-order chi connectivity index (χ0) is 27.6. The first-order valence-electron chi connectivity index (χ1n) is 12.6. The fourth-order valence-corrected chi connectivity index (χ4v) is 4.43. The molecule has 0 aliphatic heterocycles. The molecule has 5 rings (SSSR count). The van der Waals surface area contributed by atoms with Crippen LogP contribution in [0, 0.1) is 5.92 Å². The first kappa shape index (κ1) is 26.6. The first-order chi connectivity index (χ1) is 18.7. The third-order valence-electron chi connectivity index (χ3n) is 6.64. The minimum Gasteiger partial charge on any atom is -0.378 e. The molecule has 1 saturated carbocycles. The molecule has 3 aromatic carbocycles. The fraction of sp³-hybridized carbons (Fsp3) is 0.241. The van der Waals surface area contributed by atoms with Gasteiger partial charge in [0.05, 0.1) is 11.7 Å². The fourth-order valence-electron chi connectivity index (χ4n) is 4.43. The molecule has 5 N–H and O–H groups in total. The van der Waals surface area contributed by atoms with Crippen LogP contribution in [0.2, 0.25) is 0 Å². The number of aliphatic hydroxyl groups is 1. The van der Waals surface area contributed by atoms with Crippen molar-refractivity contribution in [1.29, 1.82) is 0 Å². The second-order valence-electron chi connectivity index (χ2n) is 9.57. The van der Waals surface area contributed by atoms with Crippen LogP contribution in [0.5, 0.6) is 0 Å². The number of nitrogens with one attached hydrogen (secondary N) is 2. The number of alkyl halides is 3. The van der Waals surface area contributed by atoms with Crippen molar-refractivity contribution in [3.63, 3.8) is 0 Å². The van der Waals surface area contributed by atoms with E-state index < -0.39 is 24.0 Å². The van der Waals surface area contributed by atoms with E-state index in [9.17, 15) is 23.1 Å². The average Bonchev–Trinajstić information content (AvgIpc) is 3.69. The summed E-state index contributed by atoms with van der Waals surface area (Å²) < 4.78 is 41.6. The summed E-state index contributed by atoms with van der Waals surface area (Å²) in [6, 6.07) is 23.5. The van der Waals surface area contributed by atoms with Crippen LogP contribution in [-0.4, -0.2) is 27.0 Å². The summed E-state index contributed by atoms with van der Waals surface area (Å²) in [6.07, 6.45) is -3.52. The number of carbonyl (C=O) groups excluding carboxylic acids is 1. The highest BCUT2D eigenvalue weighted by molar-refractivity contribution is 6.03. The number of hydrogen-bond donors (Lipinski definition) is 4. The molecule has 4 aromatic rings. The molecular weight excluding hydrogens is 507 g/mol. The summed E-state index contributed by atoms with van der Waals surface area (Å²) >= 11 is 0. The summed E-state index contributed by atoms with van der Waals surface area (Å²) in [5, 5.41) is 20.3. The van der Waals surface area contributed by atoms with Gasteiger partial charge in [0.15, 0.2) is 5.69 Å². The van der Waals surface area contributed by atoms with E-state index in [1.54, 1.807) is 42.5 Å². The van der Waals surface area contributed by atoms with Gasteiger partial charge >= 0.3 is 6.18 Å². The SMILES string of the molecule is NCc1cccc(-n2nc(C(F)(F)F)cc2C(=O)Nc2cccc(C(NC(O)C3CC3)c3ccccc3)c2)c1. The van der Waals surface area contributed by atoms with Gasteiger partial charge in [-0.25, -0.2) is 4.68 Å². The van der Waals surface area contributed by atoms with Crippen molar-refractivity contribution in [1.82, 2.24) is 15.1 Å². The number of halogens is 3. The standard InChI is InChI=1S/C29H28F3N5O2/c30-29(31,32)25-16-24(37(36-25)23-11-4-6-18(14-23)17-33)28(39)34-22-10-5-9-21(15-22)26(19-7-2-1-3-8-19)35-27(38)20-12-13-20/h1-11,14-16,20,26-27,35,38H,12-13,17,33H2,(H,34,39). The van der Waals surface area contributed by atoms with E-state index in [0.717, 1.165) is 34.7 Å². The molecule has 2 atom stereocenters. The molecule has 0 radical (unpaired) electrons. The van der Waals surface area contributed by atoms with Crippen molar-refractivity contribution < 1.29 is 23.1 Å². The minimum absolute atomic E-state index is 0.182. The summed E-state index contributed by atoms with van der Waals surface area (Å²) in [7, 11) is 0. The van der Waals surface area contributed by atoms with E-state index in [1.165, 1.54) is 0 Å². The van der Waals surface area contributed by atoms with Crippen molar-refractivity contribution in [2.75, 3.05) is 5.32 Å². The van der Waals surface area contributed by atoms with E-state index in [4.69, 9.17) is 5.73 Å². The van der Waals surface area contributed by atoms with Crippen LogP contribution >= 0.6 is 0 Å². The highest BCUT2D eigenvalue weighted by Crippen LogP contribution is 2.34. The number of rotatable bonds is 9. The molecule has 1 aliphatic rings. The molecule has 1 heterocycles. The van der Waals surface area contributed by atoms with E-state index in [1.807, 2.05) is 36.4 Å². The maximum atomic E-state index is 13.5. The van der Waals surface area contributed by atoms with Gasteiger partial charge in [0.1, 0.15) is 11.9 Å². The van der Waals surface area contributed by atoms with Gasteiger partial charge in [-0.2, -0.15) is 18.3 Å². The third-order valence-corrected chi connectivity index (χ3v) is 6.64. The molecule has 202 valence electrons. The van der Waals surface area contributed by atoms with E-state index in [2.05, 4.69) is 15.7 Å².